The molecule has 0 saturated carbocycles. The third-order valence-electron chi connectivity index (χ3n) is 2.99. The van der Waals surface area contributed by atoms with Gasteiger partial charge in [-0.3, -0.25) is 4.90 Å². The normalized spacial score (nSPS) is 18.1. The fourth-order valence-corrected chi connectivity index (χ4v) is 2.00. The van der Waals surface area contributed by atoms with Gasteiger partial charge < -0.3 is 15.8 Å². The molecule has 98 valence electrons. The van der Waals surface area contributed by atoms with E-state index in [1.165, 1.54) is 0 Å². The summed E-state index contributed by atoms with van der Waals surface area (Å²) in [7, 11) is 0. The van der Waals surface area contributed by atoms with E-state index in [-0.39, 0.29) is 5.84 Å². The molecule has 0 amide bonds. The van der Waals surface area contributed by atoms with Crippen molar-refractivity contribution in [2.24, 2.45) is 10.9 Å². The predicted octanol–water partition coefficient (Wildman–Crippen LogP) is -0.347. The van der Waals surface area contributed by atoms with Gasteiger partial charge in [-0.1, -0.05) is 5.16 Å². The smallest absolute Gasteiger partial charge is 0.153 e. The Hall–Kier alpha value is -1.89. The molecule has 7 nitrogen and oxygen atoms in total. The topological polar surface area (TPSA) is 90.9 Å². The zero-order valence-electron chi connectivity index (χ0n) is 10.5. The zero-order chi connectivity index (χ0) is 13.0. The molecule has 1 aromatic heterocycles. The molecule has 2 rings (SSSR count). The summed E-state index contributed by atoms with van der Waals surface area (Å²) < 4.78 is 0. The highest BCUT2D eigenvalue weighted by atomic mass is 16.4. The van der Waals surface area contributed by atoms with E-state index >= 15 is 0 Å². The summed E-state index contributed by atoms with van der Waals surface area (Å²) in [5.41, 5.74) is 6.60. The number of hydrogen-bond acceptors (Lipinski definition) is 6. The van der Waals surface area contributed by atoms with E-state index in [2.05, 4.69) is 25.2 Å². The molecule has 2 heterocycles. The Morgan fingerprint density at radius 1 is 1.44 bits per heavy atom. The van der Waals surface area contributed by atoms with Gasteiger partial charge >= 0.3 is 0 Å². The molecule has 1 aliphatic heterocycles. The van der Waals surface area contributed by atoms with Crippen molar-refractivity contribution in [3.8, 4) is 0 Å². The molecule has 0 aromatic carbocycles. The Morgan fingerprint density at radius 3 is 2.78 bits per heavy atom. The van der Waals surface area contributed by atoms with Gasteiger partial charge in [0.15, 0.2) is 11.7 Å². The van der Waals surface area contributed by atoms with Crippen LogP contribution in [0, 0.1) is 6.92 Å². The van der Waals surface area contributed by atoms with Gasteiger partial charge in [-0.15, -0.1) is 5.10 Å². The lowest BCUT2D eigenvalue weighted by atomic mass is 10.3. The summed E-state index contributed by atoms with van der Waals surface area (Å²) >= 11 is 0. The van der Waals surface area contributed by atoms with Crippen LogP contribution in [0.3, 0.4) is 0 Å². The lowest BCUT2D eigenvalue weighted by Gasteiger charge is -2.34. The Morgan fingerprint density at radius 2 is 2.17 bits per heavy atom. The highest BCUT2D eigenvalue weighted by molar-refractivity contribution is 5.81. The van der Waals surface area contributed by atoms with Gasteiger partial charge in [-0.2, -0.15) is 5.10 Å². The summed E-state index contributed by atoms with van der Waals surface area (Å²) in [6, 6.07) is 2.03. The molecule has 3 N–H and O–H groups in total. The van der Waals surface area contributed by atoms with Crippen LogP contribution in [0.15, 0.2) is 17.4 Å². The van der Waals surface area contributed by atoms with Gasteiger partial charge in [0.25, 0.3) is 0 Å². The number of piperazine rings is 1. The highest BCUT2D eigenvalue weighted by Gasteiger charge is 2.18. The zero-order valence-corrected chi connectivity index (χ0v) is 10.5. The molecule has 1 fully saturated rings. The Labute approximate surface area is 106 Å². The van der Waals surface area contributed by atoms with Gasteiger partial charge in [0.1, 0.15) is 0 Å². The SMILES string of the molecule is Cc1cnnc(N2CCN(CC(N)=NO)CC2)c1. The van der Waals surface area contributed by atoms with Crippen molar-refractivity contribution in [3.05, 3.63) is 17.8 Å². The molecule has 0 spiro atoms. The molecule has 18 heavy (non-hydrogen) atoms. The van der Waals surface area contributed by atoms with Crippen LogP contribution in [-0.2, 0) is 0 Å². The maximum Gasteiger partial charge on any atom is 0.153 e. The van der Waals surface area contributed by atoms with Gasteiger partial charge in [-0.05, 0) is 18.6 Å². The predicted molar refractivity (Wildman–Crippen MR) is 68.8 cm³/mol. The highest BCUT2D eigenvalue weighted by Crippen LogP contribution is 2.13. The summed E-state index contributed by atoms with van der Waals surface area (Å²) in [6.45, 7) is 5.99. The molecule has 0 unspecified atom stereocenters. The van der Waals surface area contributed by atoms with E-state index in [1.54, 1.807) is 6.20 Å². The number of hydrogen-bond donors (Lipinski definition) is 2. The molecule has 7 heteroatoms. The minimum Gasteiger partial charge on any atom is -0.409 e. The number of nitrogens with zero attached hydrogens (tertiary/aromatic N) is 5. The van der Waals surface area contributed by atoms with Crippen molar-refractivity contribution in [2.45, 2.75) is 6.92 Å². The van der Waals surface area contributed by atoms with Gasteiger partial charge in [0, 0.05) is 26.2 Å². The number of oxime groups is 1. The number of aryl methyl sites for hydroxylation is 1. The minimum atomic E-state index is 0.249. The van der Waals surface area contributed by atoms with Crippen molar-refractivity contribution in [2.75, 3.05) is 37.6 Å². The van der Waals surface area contributed by atoms with Gasteiger partial charge in [-0.25, -0.2) is 0 Å². The number of aromatic nitrogens is 2. The molecule has 1 aliphatic rings. The van der Waals surface area contributed by atoms with E-state index in [0.717, 1.165) is 37.6 Å². The summed E-state index contributed by atoms with van der Waals surface area (Å²) in [4.78, 5) is 4.34. The van der Waals surface area contributed by atoms with E-state index < -0.39 is 0 Å². The molecular weight excluding hydrogens is 232 g/mol. The average molecular weight is 250 g/mol. The van der Waals surface area contributed by atoms with Crippen LogP contribution in [0.4, 0.5) is 5.82 Å². The summed E-state index contributed by atoms with van der Waals surface area (Å²) in [5, 5.41) is 19.6. The van der Waals surface area contributed by atoms with Crippen molar-refractivity contribution in [3.63, 3.8) is 0 Å². The second-order valence-electron chi connectivity index (χ2n) is 4.45. The maximum atomic E-state index is 8.53. The monoisotopic (exact) mass is 250 g/mol. The Kier molecular flexibility index (Phi) is 3.93. The van der Waals surface area contributed by atoms with E-state index in [4.69, 9.17) is 10.9 Å². The first-order chi connectivity index (χ1) is 8.69. The van der Waals surface area contributed by atoms with Crippen LogP contribution in [0.25, 0.3) is 0 Å². The molecule has 0 atom stereocenters. The number of nitrogens with two attached hydrogens (primary N) is 1. The number of rotatable bonds is 3. The van der Waals surface area contributed by atoms with Crippen LogP contribution in [0.2, 0.25) is 0 Å². The fourth-order valence-electron chi connectivity index (χ4n) is 2.00. The van der Waals surface area contributed by atoms with E-state index in [1.807, 2.05) is 13.0 Å². The van der Waals surface area contributed by atoms with Crippen molar-refractivity contribution in [1.82, 2.24) is 15.1 Å². The van der Waals surface area contributed by atoms with Crippen LogP contribution in [0.1, 0.15) is 5.56 Å². The minimum absolute atomic E-state index is 0.249. The fraction of sp³-hybridized carbons (Fsp3) is 0.545. The van der Waals surface area contributed by atoms with Crippen LogP contribution >= 0.6 is 0 Å². The van der Waals surface area contributed by atoms with Gasteiger partial charge in [0.2, 0.25) is 0 Å². The van der Waals surface area contributed by atoms with Crippen LogP contribution < -0.4 is 10.6 Å². The molecule has 1 aromatic rings. The van der Waals surface area contributed by atoms with Crippen molar-refractivity contribution in [1.29, 1.82) is 0 Å². The molecule has 1 saturated heterocycles. The average Bonchev–Trinajstić information content (AvgIpc) is 2.39. The largest absolute Gasteiger partial charge is 0.409 e. The maximum absolute atomic E-state index is 8.53. The van der Waals surface area contributed by atoms with Crippen LogP contribution in [0.5, 0.6) is 0 Å². The quantitative estimate of drug-likeness (QED) is 0.330. The van der Waals surface area contributed by atoms with Crippen molar-refractivity contribution < 1.29 is 5.21 Å². The Bertz CT molecular complexity index is 427. The number of anilines is 1. The second kappa shape index (κ2) is 5.63. The summed E-state index contributed by atoms with van der Waals surface area (Å²) in [5.74, 6) is 1.16. The van der Waals surface area contributed by atoms with Gasteiger partial charge in [0.05, 0.1) is 12.7 Å². The standard InChI is InChI=1S/C11H18N6O/c1-9-6-11(14-13-7-9)17-4-2-16(3-5-17)8-10(12)15-18/h6-7,18H,2-5,8H2,1H3,(H2,12,15). The number of amidine groups is 1. The van der Waals surface area contributed by atoms with Crippen molar-refractivity contribution >= 4 is 11.7 Å². The Balaban J connectivity index is 1.90. The third-order valence-corrected chi connectivity index (χ3v) is 2.99. The lowest BCUT2D eigenvalue weighted by Crippen LogP contribution is -2.49. The van der Waals surface area contributed by atoms with E-state index in [0.29, 0.717) is 6.54 Å². The lowest BCUT2D eigenvalue weighted by molar-refractivity contribution is 0.278. The molecule has 0 bridgehead atoms. The molecule has 0 radical (unpaired) electrons. The van der Waals surface area contributed by atoms with E-state index in [9.17, 15) is 0 Å². The third kappa shape index (κ3) is 3.07. The molecule has 0 aliphatic carbocycles. The first-order valence-electron chi connectivity index (χ1n) is 5.92. The summed E-state index contributed by atoms with van der Waals surface area (Å²) in [6.07, 6.45) is 1.75. The first-order valence-corrected chi connectivity index (χ1v) is 5.92. The first kappa shape index (κ1) is 12.6. The second-order valence-corrected chi connectivity index (χ2v) is 4.45. The molecular formula is C11H18N6O. The van der Waals surface area contributed by atoms with Crippen LogP contribution in [-0.4, -0.2) is 58.9 Å².